The number of para-hydroxylation sites is 1. The van der Waals surface area contributed by atoms with Gasteiger partial charge in [-0.15, -0.1) is 0 Å². The Hall–Kier alpha value is -2.54. The molecule has 0 unspecified atom stereocenters. The van der Waals surface area contributed by atoms with E-state index in [1.54, 1.807) is 18.3 Å². The lowest BCUT2D eigenvalue weighted by Crippen LogP contribution is -2.33. The summed E-state index contributed by atoms with van der Waals surface area (Å²) < 4.78 is 19.1. The number of nitrogens with two attached hydrogens (primary N) is 1. The minimum atomic E-state index is -0.462. The van der Waals surface area contributed by atoms with Gasteiger partial charge in [-0.3, -0.25) is 14.7 Å². The second kappa shape index (κ2) is 6.70. The average Bonchev–Trinajstić information content (AvgIpc) is 2.97. The van der Waals surface area contributed by atoms with Crippen molar-refractivity contribution in [3.8, 4) is 11.6 Å². The molecule has 2 heterocycles. The van der Waals surface area contributed by atoms with Crippen LogP contribution in [0.3, 0.4) is 0 Å². The van der Waals surface area contributed by atoms with Crippen LogP contribution in [-0.4, -0.2) is 33.9 Å². The number of benzene rings is 1. The van der Waals surface area contributed by atoms with E-state index < -0.39 is 5.82 Å². The Bertz CT molecular complexity index is 710. The van der Waals surface area contributed by atoms with Gasteiger partial charge in [0.25, 0.3) is 0 Å². The number of rotatable bonds is 5. The Kier molecular flexibility index (Phi) is 4.47. The normalized spacial score (nSPS) is 18.0. The SMILES string of the molecule is NC(=O)CN1CCC[C@H]1c1cncc(Oc2ccccc2F)n1. The highest BCUT2D eigenvalue weighted by Crippen LogP contribution is 2.31. The molecule has 6 nitrogen and oxygen atoms in total. The monoisotopic (exact) mass is 316 g/mol. The van der Waals surface area contributed by atoms with Crippen molar-refractivity contribution < 1.29 is 13.9 Å². The van der Waals surface area contributed by atoms with Crippen molar-refractivity contribution in [3.05, 3.63) is 48.2 Å². The van der Waals surface area contributed by atoms with Crippen LogP contribution in [0.15, 0.2) is 36.7 Å². The van der Waals surface area contributed by atoms with Gasteiger partial charge in [-0.2, -0.15) is 0 Å². The Labute approximate surface area is 133 Å². The first kappa shape index (κ1) is 15.4. The number of aromatic nitrogens is 2. The number of carbonyl (C=O) groups is 1. The van der Waals surface area contributed by atoms with Gasteiger partial charge >= 0.3 is 0 Å². The second-order valence-electron chi connectivity index (χ2n) is 5.41. The third-order valence-corrected chi connectivity index (χ3v) is 3.75. The lowest BCUT2D eigenvalue weighted by Gasteiger charge is -2.22. The summed E-state index contributed by atoms with van der Waals surface area (Å²) in [5.41, 5.74) is 5.97. The van der Waals surface area contributed by atoms with Gasteiger partial charge in [0.05, 0.1) is 30.7 Å². The number of hydrogen-bond acceptors (Lipinski definition) is 5. The molecular weight excluding hydrogens is 299 g/mol. The molecule has 7 heteroatoms. The van der Waals surface area contributed by atoms with Gasteiger partial charge in [0.15, 0.2) is 11.6 Å². The fourth-order valence-corrected chi connectivity index (χ4v) is 2.76. The molecule has 23 heavy (non-hydrogen) atoms. The molecule has 3 rings (SSSR count). The highest BCUT2D eigenvalue weighted by atomic mass is 19.1. The number of primary amides is 1. The molecule has 2 N–H and O–H groups in total. The highest BCUT2D eigenvalue weighted by molar-refractivity contribution is 5.76. The standard InChI is InChI=1S/C16H17FN4O2/c17-11-4-1-2-6-14(11)23-16-9-19-8-12(20-16)13-5-3-7-21(13)10-15(18)22/h1-2,4,6,8-9,13H,3,5,7,10H2,(H2,18,22)/t13-/m0/s1. The molecule has 1 fully saturated rings. The van der Waals surface area contributed by atoms with Gasteiger partial charge < -0.3 is 10.5 Å². The first-order chi connectivity index (χ1) is 11.1. The number of ether oxygens (including phenoxy) is 1. The molecular formula is C16H17FN4O2. The predicted octanol–water partition coefficient (Wildman–Crippen LogP) is 2.03. The zero-order valence-electron chi connectivity index (χ0n) is 12.5. The summed E-state index contributed by atoms with van der Waals surface area (Å²) in [6.45, 7) is 0.971. The van der Waals surface area contributed by atoms with Crippen LogP contribution in [-0.2, 0) is 4.79 Å². The van der Waals surface area contributed by atoms with Crippen molar-refractivity contribution >= 4 is 5.91 Å². The zero-order valence-corrected chi connectivity index (χ0v) is 12.5. The van der Waals surface area contributed by atoms with Gasteiger partial charge in [-0.25, -0.2) is 9.37 Å². The van der Waals surface area contributed by atoms with Crippen LogP contribution in [0.1, 0.15) is 24.6 Å². The van der Waals surface area contributed by atoms with Gasteiger partial charge in [0.2, 0.25) is 11.8 Å². The molecule has 0 spiro atoms. The molecule has 1 saturated heterocycles. The molecule has 1 aromatic heterocycles. The van der Waals surface area contributed by atoms with E-state index in [0.717, 1.165) is 19.4 Å². The lowest BCUT2D eigenvalue weighted by atomic mass is 10.1. The number of amides is 1. The Morgan fingerprint density at radius 3 is 3.00 bits per heavy atom. The maximum Gasteiger partial charge on any atom is 0.238 e. The molecule has 0 aliphatic carbocycles. The van der Waals surface area contributed by atoms with Crippen LogP contribution >= 0.6 is 0 Å². The largest absolute Gasteiger partial charge is 0.434 e. The van der Waals surface area contributed by atoms with E-state index in [1.165, 1.54) is 18.3 Å². The van der Waals surface area contributed by atoms with Gasteiger partial charge in [-0.05, 0) is 31.5 Å². The van der Waals surface area contributed by atoms with E-state index in [2.05, 4.69) is 9.97 Å². The molecule has 0 bridgehead atoms. The summed E-state index contributed by atoms with van der Waals surface area (Å²) in [5.74, 6) is -0.516. The smallest absolute Gasteiger partial charge is 0.238 e. The summed E-state index contributed by atoms with van der Waals surface area (Å²) in [4.78, 5) is 21.6. The number of likely N-dealkylation sites (tertiary alicyclic amines) is 1. The third kappa shape index (κ3) is 3.62. The summed E-state index contributed by atoms with van der Waals surface area (Å²) in [7, 11) is 0. The summed E-state index contributed by atoms with van der Waals surface area (Å²) >= 11 is 0. The highest BCUT2D eigenvalue weighted by Gasteiger charge is 2.28. The van der Waals surface area contributed by atoms with Crippen LogP contribution in [0.25, 0.3) is 0 Å². The van der Waals surface area contributed by atoms with Crippen LogP contribution < -0.4 is 10.5 Å². The molecule has 1 amide bonds. The Balaban J connectivity index is 1.80. The number of halogens is 1. The van der Waals surface area contributed by atoms with Crippen molar-refractivity contribution in [2.75, 3.05) is 13.1 Å². The quantitative estimate of drug-likeness (QED) is 0.913. The van der Waals surface area contributed by atoms with E-state index in [1.807, 2.05) is 4.90 Å². The molecule has 1 aliphatic rings. The van der Waals surface area contributed by atoms with Crippen molar-refractivity contribution in [1.29, 1.82) is 0 Å². The average molecular weight is 316 g/mol. The molecule has 2 aromatic rings. The first-order valence-electron chi connectivity index (χ1n) is 7.40. The maximum absolute atomic E-state index is 13.6. The fraction of sp³-hybridized carbons (Fsp3) is 0.312. The number of hydrogen-bond donors (Lipinski definition) is 1. The topological polar surface area (TPSA) is 81.3 Å². The van der Waals surface area contributed by atoms with E-state index in [-0.39, 0.29) is 30.1 Å². The Morgan fingerprint density at radius 2 is 2.22 bits per heavy atom. The van der Waals surface area contributed by atoms with E-state index >= 15 is 0 Å². The first-order valence-corrected chi connectivity index (χ1v) is 7.40. The van der Waals surface area contributed by atoms with Crippen LogP contribution in [0.5, 0.6) is 11.6 Å². The zero-order chi connectivity index (χ0) is 16.2. The summed E-state index contributed by atoms with van der Waals surface area (Å²) in [6, 6.07) is 6.09. The van der Waals surface area contributed by atoms with Crippen molar-refractivity contribution in [2.45, 2.75) is 18.9 Å². The van der Waals surface area contributed by atoms with Crippen molar-refractivity contribution in [1.82, 2.24) is 14.9 Å². The van der Waals surface area contributed by atoms with Crippen LogP contribution in [0, 0.1) is 5.82 Å². The molecule has 1 aromatic carbocycles. The van der Waals surface area contributed by atoms with Gasteiger partial charge in [-0.1, -0.05) is 12.1 Å². The van der Waals surface area contributed by atoms with Crippen LogP contribution in [0.4, 0.5) is 4.39 Å². The maximum atomic E-state index is 13.6. The summed E-state index contributed by atoms with van der Waals surface area (Å²) in [6.07, 6.45) is 4.89. The van der Waals surface area contributed by atoms with Crippen molar-refractivity contribution in [3.63, 3.8) is 0 Å². The molecule has 120 valence electrons. The summed E-state index contributed by atoms with van der Waals surface area (Å²) in [5, 5.41) is 0. The Morgan fingerprint density at radius 1 is 1.39 bits per heavy atom. The molecule has 1 aliphatic heterocycles. The molecule has 0 saturated carbocycles. The number of carbonyl (C=O) groups excluding carboxylic acids is 1. The van der Waals surface area contributed by atoms with Crippen molar-refractivity contribution in [2.24, 2.45) is 5.73 Å². The minimum absolute atomic E-state index is 0.0285. The van der Waals surface area contributed by atoms with E-state index in [0.29, 0.717) is 5.69 Å². The third-order valence-electron chi connectivity index (χ3n) is 3.75. The van der Waals surface area contributed by atoms with E-state index in [4.69, 9.17) is 10.5 Å². The molecule has 0 radical (unpaired) electrons. The van der Waals surface area contributed by atoms with Gasteiger partial charge in [0.1, 0.15) is 0 Å². The molecule has 1 atom stereocenters. The predicted molar refractivity (Wildman–Crippen MR) is 81.2 cm³/mol. The minimum Gasteiger partial charge on any atom is -0.434 e. The number of nitrogens with zero attached hydrogens (tertiary/aromatic N) is 3. The van der Waals surface area contributed by atoms with Crippen LogP contribution in [0.2, 0.25) is 0 Å². The fourth-order valence-electron chi connectivity index (χ4n) is 2.76. The van der Waals surface area contributed by atoms with Gasteiger partial charge in [0, 0.05) is 0 Å². The van der Waals surface area contributed by atoms with E-state index in [9.17, 15) is 9.18 Å². The lowest BCUT2D eigenvalue weighted by molar-refractivity contribution is -0.119. The second-order valence-corrected chi connectivity index (χ2v) is 5.41.